The van der Waals surface area contributed by atoms with Crippen molar-refractivity contribution in [1.29, 1.82) is 0 Å². The van der Waals surface area contributed by atoms with Gasteiger partial charge >= 0.3 is 0 Å². The molecule has 0 bridgehead atoms. The normalized spacial score (nSPS) is 20.1. The van der Waals surface area contributed by atoms with E-state index in [1.807, 2.05) is 13.0 Å². The average molecular weight is 260 g/mol. The number of fused-ring (bicyclic) bond motifs is 1. The molecule has 2 N–H and O–H groups in total. The number of aromatic nitrogens is 1. The van der Waals surface area contributed by atoms with E-state index >= 15 is 0 Å². The number of carbonyl (C=O) groups is 1. The molecular weight excluding hydrogens is 243 g/mol. The van der Waals surface area contributed by atoms with Gasteiger partial charge in [-0.2, -0.15) is 0 Å². The van der Waals surface area contributed by atoms with E-state index in [0.717, 1.165) is 29.7 Å². The summed E-state index contributed by atoms with van der Waals surface area (Å²) in [6.07, 6.45) is 1.28. The van der Waals surface area contributed by atoms with E-state index in [1.165, 1.54) is 6.07 Å². The first-order valence-electron chi connectivity index (χ1n) is 6.66. The summed E-state index contributed by atoms with van der Waals surface area (Å²) in [6, 6.07) is 5.09. The van der Waals surface area contributed by atoms with Crippen molar-refractivity contribution in [2.45, 2.75) is 19.8 Å². The van der Waals surface area contributed by atoms with Gasteiger partial charge in [-0.25, -0.2) is 4.39 Å². The summed E-state index contributed by atoms with van der Waals surface area (Å²) in [5, 5.41) is 4.15. The quantitative estimate of drug-likeness (QED) is 0.870. The SMILES string of the molecule is Cc1[nH]c2c(F)cccc2c1CC1CNCCC1=O. The molecule has 1 fully saturated rings. The zero-order valence-corrected chi connectivity index (χ0v) is 10.9. The van der Waals surface area contributed by atoms with Gasteiger partial charge in [0, 0.05) is 36.5 Å². The number of aromatic amines is 1. The molecule has 0 aliphatic carbocycles. The van der Waals surface area contributed by atoms with Crippen molar-refractivity contribution >= 4 is 16.7 Å². The van der Waals surface area contributed by atoms with Gasteiger partial charge in [0.2, 0.25) is 0 Å². The Morgan fingerprint density at radius 3 is 3.05 bits per heavy atom. The fourth-order valence-electron chi connectivity index (χ4n) is 2.87. The summed E-state index contributed by atoms with van der Waals surface area (Å²) >= 11 is 0. The van der Waals surface area contributed by atoms with Gasteiger partial charge in [0.1, 0.15) is 11.6 Å². The summed E-state index contributed by atoms with van der Waals surface area (Å²) in [6.45, 7) is 3.44. The number of hydrogen-bond donors (Lipinski definition) is 2. The van der Waals surface area contributed by atoms with E-state index in [4.69, 9.17) is 0 Å². The van der Waals surface area contributed by atoms with Crippen LogP contribution in [0.25, 0.3) is 10.9 Å². The first-order valence-corrected chi connectivity index (χ1v) is 6.66. The molecule has 1 unspecified atom stereocenters. The summed E-state index contributed by atoms with van der Waals surface area (Å²) in [4.78, 5) is 15.0. The third kappa shape index (κ3) is 2.16. The second-order valence-corrected chi connectivity index (χ2v) is 5.21. The Hall–Kier alpha value is -1.68. The molecule has 3 nitrogen and oxygen atoms in total. The topological polar surface area (TPSA) is 44.9 Å². The highest BCUT2D eigenvalue weighted by Gasteiger charge is 2.24. The predicted octanol–water partition coefficient (Wildman–Crippen LogP) is 2.34. The van der Waals surface area contributed by atoms with Crippen LogP contribution >= 0.6 is 0 Å². The van der Waals surface area contributed by atoms with Gasteiger partial charge in [0.05, 0.1) is 5.52 Å². The Labute approximate surface area is 111 Å². The Kier molecular flexibility index (Phi) is 3.11. The standard InChI is InChI=1S/C15H17FN2O/c1-9-12(7-10-8-17-6-5-14(10)19)11-3-2-4-13(16)15(11)18-9/h2-4,10,17-18H,5-8H2,1H3. The van der Waals surface area contributed by atoms with E-state index in [2.05, 4.69) is 10.3 Å². The number of para-hydroxylation sites is 1. The molecule has 0 saturated carbocycles. The lowest BCUT2D eigenvalue weighted by atomic mass is 9.90. The van der Waals surface area contributed by atoms with Crippen molar-refractivity contribution in [2.75, 3.05) is 13.1 Å². The van der Waals surface area contributed by atoms with Crippen LogP contribution in [-0.2, 0) is 11.2 Å². The number of nitrogens with one attached hydrogen (secondary N) is 2. The molecule has 100 valence electrons. The molecule has 0 amide bonds. The van der Waals surface area contributed by atoms with Crippen molar-refractivity contribution in [3.63, 3.8) is 0 Å². The second-order valence-electron chi connectivity index (χ2n) is 5.21. The summed E-state index contributed by atoms with van der Waals surface area (Å²) in [5.41, 5.74) is 2.57. The van der Waals surface area contributed by atoms with Crippen LogP contribution in [0.5, 0.6) is 0 Å². The molecule has 0 spiro atoms. The third-order valence-corrected chi connectivity index (χ3v) is 3.95. The maximum Gasteiger partial charge on any atom is 0.147 e. The van der Waals surface area contributed by atoms with Crippen LogP contribution in [0.2, 0.25) is 0 Å². The smallest absolute Gasteiger partial charge is 0.147 e. The highest BCUT2D eigenvalue weighted by molar-refractivity contribution is 5.87. The van der Waals surface area contributed by atoms with Crippen LogP contribution in [0, 0.1) is 18.7 Å². The molecule has 0 radical (unpaired) electrons. The van der Waals surface area contributed by atoms with Crippen LogP contribution in [0.1, 0.15) is 17.7 Å². The van der Waals surface area contributed by atoms with Crippen LogP contribution in [0.15, 0.2) is 18.2 Å². The van der Waals surface area contributed by atoms with E-state index in [1.54, 1.807) is 6.07 Å². The zero-order chi connectivity index (χ0) is 13.4. The van der Waals surface area contributed by atoms with Gasteiger partial charge < -0.3 is 10.3 Å². The van der Waals surface area contributed by atoms with E-state index in [0.29, 0.717) is 24.1 Å². The molecule has 1 aromatic heterocycles. The molecule has 3 rings (SSSR count). The fraction of sp³-hybridized carbons (Fsp3) is 0.400. The van der Waals surface area contributed by atoms with E-state index in [-0.39, 0.29) is 11.7 Å². The highest BCUT2D eigenvalue weighted by Crippen LogP contribution is 2.27. The Morgan fingerprint density at radius 2 is 2.26 bits per heavy atom. The molecule has 1 aliphatic rings. The minimum absolute atomic E-state index is 0.00900. The molecule has 1 aromatic carbocycles. The van der Waals surface area contributed by atoms with Gasteiger partial charge in [-0.3, -0.25) is 4.79 Å². The van der Waals surface area contributed by atoms with Gasteiger partial charge in [0.15, 0.2) is 0 Å². The van der Waals surface area contributed by atoms with Gasteiger partial charge in [-0.1, -0.05) is 12.1 Å². The number of benzene rings is 1. The number of hydrogen-bond acceptors (Lipinski definition) is 2. The largest absolute Gasteiger partial charge is 0.356 e. The Morgan fingerprint density at radius 1 is 1.42 bits per heavy atom. The number of aryl methyl sites for hydroxylation is 1. The zero-order valence-electron chi connectivity index (χ0n) is 10.9. The number of rotatable bonds is 2. The number of H-pyrrole nitrogens is 1. The number of piperidine rings is 1. The van der Waals surface area contributed by atoms with Crippen LogP contribution in [0.3, 0.4) is 0 Å². The van der Waals surface area contributed by atoms with E-state index in [9.17, 15) is 9.18 Å². The summed E-state index contributed by atoms with van der Waals surface area (Å²) < 4.78 is 13.7. The maximum absolute atomic E-state index is 13.7. The number of Topliss-reactive ketones (excluding diaryl/α,β-unsaturated/α-hetero) is 1. The molecule has 1 saturated heterocycles. The molecular formula is C15H17FN2O. The lowest BCUT2D eigenvalue weighted by Gasteiger charge is -2.21. The molecule has 1 aliphatic heterocycles. The Balaban J connectivity index is 1.98. The summed E-state index contributed by atoms with van der Waals surface area (Å²) in [5.74, 6) is 0.0820. The van der Waals surface area contributed by atoms with Crippen molar-refractivity contribution in [2.24, 2.45) is 5.92 Å². The van der Waals surface area contributed by atoms with Crippen LogP contribution in [-0.4, -0.2) is 23.9 Å². The minimum atomic E-state index is -0.236. The first-order chi connectivity index (χ1) is 9.16. The summed E-state index contributed by atoms with van der Waals surface area (Å²) in [7, 11) is 0. The lowest BCUT2D eigenvalue weighted by molar-refractivity contribution is -0.123. The number of halogens is 1. The van der Waals surface area contributed by atoms with Gasteiger partial charge in [-0.05, 0) is 25.0 Å². The first kappa shape index (κ1) is 12.4. The fourth-order valence-corrected chi connectivity index (χ4v) is 2.87. The molecule has 2 heterocycles. The van der Waals surface area contributed by atoms with Gasteiger partial charge in [-0.15, -0.1) is 0 Å². The van der Waals surface area contributed by atoms with Crippen LogP contribution in [0.4, 0.5) is 4.39 Å². The van der Waals surface area contributed by atoms with Crippen LogP contribution < -0.4 is 5.32 Å². The monoisotopic (exact) mass is 260 g/mol. The minimum Gasteiger partial charge on any atom is -0.356 e. The predicted molar refractivity (Wildman–Crippen MR) is 72.7 cm³/mol. The lowest BCUT2D eigenvalue weighted by Crippen LogP contribution is -2.38. The van der Waals surface area contributed by atoms with E-state index < -0.39 is 0 Å². The average Bonchev–Trinajstić information content (AvgIpc) is 2.71. The number of carbonyl (C=O) groups excluding carboxylic acids is 1. The second kappa shape index (κ2) is 4.78. The van der Waals surface area contributed by atoms with Crippen molar-refractivity contribution in [1.82, 2.24) is 10.3 Å². The maximum atomic E-state index is 13.7. The van der Waals surface area contributed by atoms with Crippen molar-refractivity contribution in [3.05, 3.63) is 35.3 Å². The molecule has 19 heavy (non-hydrogen) atoms. The van der Waals surface area contributed by atoms with Crippen molar-refractivity contribution in [3.8, 4) is 0 Å². The Bertz CT molecular complexity index is 632. The third-order valence-electron chi connectivity index (χ3n) is 3.95. The van der Waals surface area contributed by atoms with Gasteiger partial charge in [0.25, 0.3) is 0 Å². The molecule has 2 aromatic rings. The molecule has 1 atom stereocenters. The highest BCUT2D eigenvalue weighted by atomic mass is 19.1. The number of ketones is 1. The molecule has 4 heteroatoms. The van der Waals surface area contributed by atoms with Crippen molar-refractivity contribution < 1.29 is 9.18 Å².